The number of hydrogen-bond acceptors (Lipinski definition) is 3. The predicted molar refractivity (Wildman–Crippen MR) is 78.1 cm³/mol. The van der Waals surface area contributed by atoms with Crippen LogP contribution in [0, 0.1) is 4.64 Å². The first-order valence-electron chi connectivity index (χ1n) is 6.51. The summed E-state index contributed by atoms with van der Waals surface area (Å²) < 4.78 is 6.45. The molecule has 0 amide bonds. The Kier molecular flexibility index (Phi) is 3.11. The number of rotatable bonds is 2. The molecule has 0 atom stereocenters. The van der Waals surface area contributed by atoms with E-state index in [-0.39, 0.29) is 0 Å². The molecule has 1 aliphatic rings. The minimum absolute atomic E-state index is 0.324. The summed E-state index contributed by atoms with van der Waals surface area (Å²) in [4.78, 5) is 7.45. The molecule has 0 unspecified atom stereocenters. The number of H-pyrrole nitrogens is 1. The van der Waals surface area contributed by atoms with Crippen LogP contribution in [0.25, 0.3) is 11.3 Å². The van der Waals surface area contributed by atoms with Gasteiger partial charge in [-0.15, -0.1) is 0 Å². The molecule has 0 radical (unpaired) electrons. The average Bonchev–Trinajstić information content (AvgIpc) is 2.85. The van der Waals surface area contributed by atoms with Gasteiger partial charge in [0.05, 0.1) is 18.6 Å². The van der Waals surface area contributed by atoms with E-state index in [1.54, 1.807) is 6.33 Å². The van der Waals surface area contributed by atoms with Crippen LogP contribution in [0.15, 0.2) is 24.5 Å². The van der Waals surface area contributed by atoms with E-state index in [2.05, 4.69) is 42.0 Å². The third-order valence-corrected chi connectivity index (χ3v) is 3.78. The zero-order chi connectivity index (χ0) is 13.4. The maximum absolute atomic E-state index is 5.78. The van der Waals surface area contributed by atoms with Crippen molar-refractivity contribution in [1.82, 2.24) is 9.97 Å². The highest BCUT2D eigenvalue weighted by Gasteiger charge is 2.20. The van der Waals surface area contributed by atoms with Crippen LogP contribution in [-0.4, -0.2) is 16.6 Å². The molecule has 98 valence electrons. The number of aromatic amines is 1. The van der Waals surface area contributed by atoms with Crippen molar-refractivity contribution >= 4 is 12.2 Å². The Bertz CT molecular complexity index is 676. The van der Waals surface area contributed by atoms with Gasteiger partial charge in [0.2, 0.25) is 0 Å². The topological polar surface area (TPSA) is 37.9 Å². The third-order valence-electron chi connectivity index (χ3n) is 3.45. The third kappa shape index (κ3) is 2.06. The summed E-state index contributed by atoms with van der Waals surface area (Å²) in [6, 6.07) is 6.28. The summed E-state index contributed by atoms with van der Waals surface area (Å²) in [6.07, 6.45) is 2.64. The lowest BCUT2D eigenvalue weighted by Gasteiger charge is -2.14. The van der Waals surface area contributed by atoms with Crippen LogP contribution in [0.3, 0.4) is 0 Å². The Hall–Kier alpha value is -1.68. The highest BCUT2D eigenvalue weighted by molar-refractivity contribution is 7.71. The molecule has 1 N–H and O–H groups in total. The van der Waals surface area contributed by atoms with Gasteiger partial charge in [0, 0.05) is 17.5 Å². The molecule has 2 aromatic rings. The number of fused-ring (bicyclic) bond motifs is 1. The normalized spacial score (nSPS) is 13.4. The molecule has 0 saturated carbocycles. The second-order valence-corrected chi connectivity index (χ2v) is 5.43. The maximum Gasteiger partial charge on any atom is 0.133 e. The van der Waals surface area contributed by atoms with E-state index in [9.17, 15) is 0 Å². The second kappa shape index (κ2) is 4.78. The van der Waals surface area contributed by atoms with E-state index in [4.69, 9.17) is 17.0 Å². The zero-order valence-corrected chi connectivity index (χ0v) is 11.9. The molecule has 0 saturated heterocycles. The van der Waals surface area contributed by atoms with Crippen molar-refractivity contribution in [3.63, 3.8) is 0 Å². The van der Waals surface area contributed by atoms with Crippen molar-refractivity contribution in [2.45, 2.75) is 26.2 Å². The Morgan fingerprint density at radius 3 is 3.00 bits per heavy atom. The van der Waals surface area contributed by atoms with Crippen molar-refractivity contribution < 1.29 is 4.74 Å². The number of ether oxygens (including phenoxy) is 1. The van der Waals surface area contributed by atoms with Gasteiger partial charge < -0.3 is 9.72 Å². The van der Waals surface area contributed by atoms with Crippen LogP contribution in [0.4, 0.5) is 0 Å². The fraction of sp³-hybridized carbons (Fsp3) is 0.333. The summed E-state index contributed by atoms with van der Waals surface area (Å²) >= 11 is 5.37. The van der Waals surface area contributed by atoms with Crippen LogP contribution in [0.1, 0.15) is 30.9 Å². The summed E-state index contributed by atoms with van der Waals surface area (Å²) in [5.41, 5.74) is 4.48. The molecule has 1 aromatic heterocycles. The maximum atomic E-state index is 5.78. The van der Waals surface area contributed by atoms with Gasteiger partial charge >= 0.3 is 0 Å². The second-order valence-electron chi connectivity index (χ2n) is 5.04. The Morgan fingerprint density at radius 1 is 1.37 bits per heavy atom. The minimum atomic E-state index is 0.324. The number of para-hydroxylation sites is 1. The first kappa shape index (κ1) is 12.4. The summed E-state index contributed by atoms with van der Waals surface area (Å²) in [6.45, 7) is 5.03. The van der Waals surface area contributed by atoms with Gasteiger partial charge in [-0.05, 0) is 17.5 Å². The summed E-state index contributed by atoms with van der Waals surface area (Å²) in [5.74, 6) is 1.31. The molecular weight excluding hydrogens is 256 g/mol. The Labute approximate surface area is 117 Å². The minimum Gasteiger partial charge on any atom is -0.492 e. The molecule has 0 fully saturated rings. The fourth-order valence-corrected chi connectivity index (χ4v) is 2.97. The molecule has 3 rings (SSSR count). The van der Waals surface area contributed by atoms with Gasteiger partial charge in [0.25, 0.3) is 0 Å². The van der Waals surface area contributed by atoms with Crippen LogP contribution in [-0.2, 0) is 6.42 Å². The highest BCUT2D eigenvalue weighted by Crippen LogP contribution is 2.38. The molecule has 0 aliphatic carbocycles. The van der Waals surface area contributed by atoms with E-state index < -0.39 is 0 Å². The molecule has 19 heavy (non-hydrogen) atoms. The molecule has 3 nitrogen and oxygen atoms in total. The van der Waals surface area contributed by atoms with Crippen molar-refractivity contribution in [2.24, 2.45) is 0 Å². The van der Waals surface area contributed by atoms with Gasteiger partial charge in [-0.3, -0.25) is 0 Å². The van der Waals surface area contributed by atoms with Crippen LogP contribution < -0.4 is 4.74 Å². The van der Waals surface area contributed by atoms with E-state index in [1.807, 2.05) is 0 Å². The molecule has 0 spiro atoms. The summed E-state index contributed by atoms with van der Waals surface area (Å²) in [5, 5.41) is 0. The van der Waals surface area contributed by atoms with Gasteiger partial charge in [0.1, 0.15) is 10.4 Å². The molecule has 4 heteroatoms. The first-order chi connectivity index (χ1) is 9.18. The average molecular weight is 272 g/mol. The van der Waals surface area contributed by atoms with Gasteiger partial charge in [-0.1, -0.05) is 38.2 Å². The number of nitrogens with zero attached hydrogens (tertiary/aromatic N) is 1. The van der Waals surface area contributed by atoms with E-state index in [1.165, 1.54) is 5.56 Å². The van der Waals surface area contributed by atoms with E-state index >= 15 is 0 Å². The molecule has 1 aliphatic heterocycles. The number of hydrogen-bond donors (Lipinski definition) is 1. The van der Waals surface area contributed by atoms with E-state index in [0.717, 1.165) is 35.6 Å². The van der Waals surface area contributed by atoms with Crippen molar-refractivity contribution in [3.05, 3.63) is 40.3 Å². The van der Waals surface area contributed by atoms with Crippen LogP contribution >= 0.6 is 12.2 Å². The number of benzene rings is 1. The molecule has 2 heterocycles. The Balaban J connectivity index is 2.27. The molecular formula is C15H16N2OS. The molecule has 0 bridgehead atoms. The lowest BCUT2D eigenvalue weighted by molar-refractivity contribution is 0.358. The largest absolute Gasteiger partial charge is 0.492 e. The smallest absolute Gasteiger partial charge is 0.133 e. The monoisotopic (exact) mass is 272 g/mol. The van der Waals surface area contributed by atoms with Crippen LogP contribution in [0.2, 0.25) is 0 Å². The van der Waals surface area contributed by atoms with Gasteiger partial charge in [0.15, 0.2) is 0 Å². The standard InChI is InChI=1S/C15H16N2OS/c1-9(2)12-13(16-8-17-15(12)19)11-5-3-4-10-6-7-18-14(10)11/h3-5,8-9H,6-7H2,1-2H3,(H,16,17,19). The van der Waals surface area contributed by atoms with Crippen molar-refractivity contribution in [1.29, 1.82) is 0 Å². The fourth-order valence-electron chi connectivity index (χ4n) is 2.58. The quantitative estimate of drug-likeness (QED) is 0.843. The van der Waals surface area contributed by atoms with E-state index in [0.29, 0.717) is 10.6 Å². The van der Waals surface area contributed by atoms with Crippen LogP contribution in [0.5, 0.6) is 5.75 Å². The predicted octanol–water partition coefficient (Wildman–Crippen LogP) is 3.86. The first-order valence-corrected chi connectivity index (χ1v) is 6.92. The Morgan fingerprint density at radius 2 is 2.21 bits per heavy atom. The molecule has 1 aromatic carbocycles. The lowest BCUT2D eigenvalue weighted by Crippen LogP contribution is -2.00. The number of aromatic nitrogens is 2. The lowest BCUT2D eigenvalue weighted by atomic mass is 9.97. The van der Waals surface area contributed by atoms with Crippen molar-refractivity contribution in [3.8, 4) is 17.0 Å². The SMILES string of the molecule is CC(C)c1c(-c2cccc3c2OCC3)[nH]cnc1=S. The highest BCUT2D eigenvalue weighted by atomic mass is 32.1. The summed E-state index contributed by atoms with van der Waals surface area (Å²) in [7, 11) is 0. The van der Waals surface area contributed by atoms with Gasteiger partial charge in [-0.2, -0.15) is 0 Å². The van der Waals surface area contributed by atoms with Crippen molar-refractivity contribution in [2.75, 3.05) is 6.61 Å². The zero-order valence-electron chi connectivity index (χ0n) is 11.1. The number of nitrogens with one attached hydrogen (secondary N) is 1. The van der Waals surface area contributed by atoms with Gasteiger partial charge in [-0.25, -0.2) is 4.98 Å².